The first-order chi connectivity index (χ1) is 11.0. The number of halogens is 1. The lowest BCUT2D eigenvalue weighted by atomic mass is 10.2. The minimum Gasteiger partial charge on any atom is -0.494 e. The highest BCUT2D eigenvalue weighted by Crippen LogP contribution is 2.12. The summed E-state index contributed by atoms with van der Waals surface area (Å²) in [5, 5.41) is 9.38. The second kappa shape index (κ2) is 8.84. The molecule has 1 atom stereocenters. The molecule has 5 nitrogen and oxygen atoms in total. The van der Waals surface area contributed by atoms with Gasteiger partial charge in [0.15, 0.2) is 0 Å². The number of carbonyl (C=O) groups is 1. The fourth-order valence-corrected chi connectivity index (χ4v) is 2.66. The molecule has 2 rings (SSSR count). The van der Waals surface area contributed by atoms with Crippen molar-refractivity contribution in [1.82, 2.24) is 9.80 Å². The number of rotatable bonds is 7. The van der Waals surface area contributed by atoms with Gasteiger partial charge in [-0.3, -0.25) is 9.69 Å². The van der Waals surface area contributed by atoms with Crippen LogP contribution in [-0.4, -0.2) is 66.2 Å². The van der Waals surface area contributed by atoms with Crippen LogP contribution in [0.5, 0.6) is 5.75 Å². The Kier molecular flexibility index (Phi) is 6.80. The first kappa shape index (κ1) is 17.7. The van der Waals surface area contributed by atoms with E-state index >= 15 is 0 Å². The van der Waals surface area contributed by atoms with E-state index in [0.29, 0.717) is 44.8 Å². The molecule has 1 saturated heterocycles. The first-order valence-electron chi connectivity index (χ1n) is 8.11. The maximum atomic E-state index is 12.8. The summed E-state index contributed by atoms with van der Waals surface area (Å²) >= 11 is 0. The third-order valence-electron chi connectivity index (χ3n) is 3.86. The summed E-state index contributed by atoms with van der Waals surface area (Å²) < 4.78 is 18.2. The molecule has 0 aliphatic carbocycles. The van der Waals surface area contributed by atoms with E-state index in [1.807, 2.05) is 4.90 Å². The zero-order valence-corrected chi connectivity index (χ0v) is 13.6. The van der Waals surface area contributed by atoms with Crippen LogP contribution >= 0.6 is 0 Å². The molecule has 1 heterocycles. The van der Waals surface area contributed by atoms with Crippen molar-refractivity contribution in [3.05, 3.63) is 30.1 Å². The Bertz CT molecular complexity index is 485. The minimum atomic E-state index is -0.333. The summed E-state index contributed by atoms with van der Waals surface area (Å²) in [4.78, 5) is 16.2. The van der Waals surface area contributed by atoms with E-state index < -0.39 is 0 Å². The highest BCUT2D eigenvalue weighted by atomic mass is 19.1. The van der Waals surface area contributed by atoms with Gasteiger partial charge < -0.3 is 14.7 Å². The van der Waals surface area contributed by atoms with E-state index in [-0.39, 0.29) is 17.8 Å². The Balaban J connectivity index is 1.61. The fourth-order valence-electron chi connectivity index (χ4n) is 2.66. The van der Waals surface area contributed by atoms with Crippen LogP contribution in [0.3, 0.4) is 0 Å². The quantitative estimate of drug-likeness (QED) is 0.773. The summed E-state index contributed by atoms with van der Waals surface area (Å²) in [5.74, 6) is 0.470. The number of aliphatic hydroxyl groups excluding tert-OH is 1. The number of nitrogens with zero attached hydrogens (tertiary/aromatic N) is 2. The minimum absolute atomic E-state index is 0.143. The number of ether oxygens (including phenoxy) is 1. The van der Waals surface area contributed by atoms with Crippen molar-refractivity contribution in [3.63, 3.8) is 0 Å². The first-order valence-corrected chi connectivity index (χ1v) is 8.11. The van der Waals surface area contributed by atoms with Gasteiger partial charge in [-0.05, 0) is 37.6 Å². The van der Waals surface area contributed by atoms with Gasteiger partial charge in [0, 0.05) is 39.1 Å². The molecule has 0 spiro atoms. The fraction of sp³-hybridized carbons (Fsp3) is 0.588. The van der Waals surface area contributed by atoms with Gasteiger partial charge in [0.2, 0.25) is 5.91 Å². The SMILES string of the molecule is C[C@H](O)CN1CCN(C(=O)CCCOc2ccc(F)cc2)CC1. The predicted octanol–water partition coefficient (Wildman–Crippen LogP) is 1.51. The molecule has 1 fully saturated rings. The third-order valence-corrected chi connectivity index (χ3v) is 3.86. The molecule has 1 aliphatic heterocycles. The molecule has 0 bridgehead atoms. The topological polar surface area (TPSA) is 53.0 Å². The van der Waals surface area contributed by atoms with Crippen molar-refractivity contribution >= 4 is 5.91 Å². The lowest BCUT2D eigenvalue weighted by Crippen LogP contribution is -2.50. The standard InChI is InChI=1S/C17H25FN2O3/c1-14(21)13-19-8-10-20(11-9-19)17(22)3-2-12-23-16-6-4-15(18)5-7-16/h4-7,14,21H,2-3,8-13H2,1H3/t14-/m0/s1. The van der Waals surface area contributed by atoms with Gasteiger partial charge in [0.05, 0.1) is 12.7 Å². The van der Waals surface area contributed by atoms with Crippen molar-refractivity contribution in [2.45, 2.75) is 25.9 Å². The second-order valence-electron chi connectivity index (χ2n) is 5.94. The van der Waals surface area contributed by atoms with Crippen molar-refractivity contribution in [1.29, 1.82) is 0 Å². The van der Waals surface area contributed by atoms with Crippen molar-refractivity contribution < 1.29 is 19.0 Å². The van der Waals surface area contributed by atoms with E-state index in [1.165, 1.54) is 12.1 Å². The maximum absolute atomic E-state index is 12.8. The Hall–Kier alpha value is -1.66. The summed E-state index contributed by atoms with van der Waals surface area (Å²) in [7, 11) is 0. The highest BCUT2D eigenvalue weighted by Gasteiger charge is 2.21. The molecule has 0 saturated carbocycles. The van der Waals surface area contributed by atoms with E-state index in [4.69, 9.17) is 4.74 Å². The molecule has 0 aromatic heterocycles. The van der Waals surface area contributed by atoms with Crippen LogP contribution in [0, 0.1) is 5.82 Å². The van der Waals surface area contributed by atoms with Gasteiger partial charge in [-0.15, -0.1) is 0 Å². The number of aliphatic hydroxyl groups is 1. The summed E-state index contributed by atoms with van der Waals surface area (Å²) in [6.07, 6.45) is 0.766. The van der Waals surface area contributed by atoms with E-state index in [9.17, 15) is 14.3 Å². The molecule has 1 N–H and O–H groups in total. The average Bonchev–Trinajstić information content (AvgIpc) is 2.53. The van der Waals surface area contributed by atoms with E-state index in [1.54, 1.807) is 19.1 Å². The van der Waals surface area contributed by atoms with Crippen LogP contribution in [0.15, 0.2) is 24.3 Å². The molecular formula is C17H25FN2O3. The summed E-state index contributed by atoms with van der Waals surface area (Å²) in [5.41, 5.74) is 0. The number of hydrogen-bond donors (Lipinski definition) is 1. The van der Waals surface area contributed by atoms with Gasteiger partial charge in [0.25, 0.3) is 0 Å². The number of amides is 1. The van der Waals surface area contributed by atoms with Gasteiger partial charge in [-0.25, -0.2) is 4.39 Å². The summed E-state index contributed by atoms with van der Waals surface area (Å²) in [6, 6.07) is 5.87. The Morgan fingerprint density at radius 1 is 1.26 bits per heavy atom. The Morgan fingerprint density at radius 3 is 2.52 bits per heavy atom. The number of hydrogen-bond acceptors (Lipinski definition) is 4. The van der Waals surface area contributed by atoms with Crippen LogP contribution in [0.25, 0.3) is 0 Å². The van der Waals surface area contributed by atoms with Crippen LogP contribution in [0.2, 0.25) is 0 Å². The Labute approximate surface area is 136 Å². The lowest BCUT2D eigenvalue weighted by Gasteiger charge is -2.35. The smallest absolute Gasteiger partial charge is 0.222 e. The van der Waals surface area contributed by atoms with Crippen LogP contribution in [0.4, 0.5) is 4.39 Å². The predicted molar refractivity (Wildman–Crippen MR) is 85.8 cm³/mol. The largest absolute Gasteiger partial charge is 0.494 e. The van der Waals surface area contributed by atoms with Crippen molar-refractivity contribution in [2.24, 2.45) is 0 Å². The summed E-state index contributed by atoms with van der Waals surface area (Å²) in [6.45, 7) is 5.92. The van der Waals surface area contributed by atoms with E-state index in [2.05, 4.69) is 4.90 Å². The van der Waals surface area contributed by atoms with Gasteiger partial charge >= 0.3 is 0 Å². The molecule has 6 heteroatoms. The second-order valence-corrected chi connectivity index (χ2v) is 5.94. The molecule has 1 amide bonds. The molecule has 0 radical (unpaired) electrons. The normalized spacial score (nSPS) is 17.1. The molecule has 1 aromatic carbocycles. The van der Waals surface area contributed by atoms with Crippen LogP contribution in [-0.2, 0) is 4.79 Å². The molecule has 1 aliphatic rings. The average molecular weight is 324 g/mol. The van der Waals surface area contributed by atoms with Gasteiger partial charge in [0.1, 0.15) is 11.6 Å². The van der Waals surface area contributed by atoms with Gasteiger partial charge in [-0.1, -0.05) is 0 Å². The number of β-amino-alcohol motifs (C(OH)–C–C–N with tert-alkyl or cyclic N) is 1. The molecule has 0 unspecified atom stereocenters. The molecule has 128 valence electrons. The lowest BCUT2D eigenvalue weighted by molar-refractivity contribution is -0.133. The molecule has 1 aromatic rings. The molecule has 23 heavy (non-hydrogen) atoms. The van der Waals surface area contributed by atoms with Crippen molar-refractivity contribution in [3.8, 4) is 5.75 Å². The van der Waals surface area contributed by atoms with Gasteiger partial charge in [-0.2, -0.15) is 0 Å². The van der Waals surface area contributed by atoms with Crippen LogP contribution < -0.4 is 4.74 Å². The molecular weight excluding hydrogens is 299 g/mol. The third kappa shape index (κ3) is 6.15. The van der Waals surface area contributed by atoms with Crippen LogP contribution in [0.1, 0.15) is 19.8 Å². The zero-order valence-electron chi connectivity index (χ0n) is 13.6. The van der Waals surface area contributed by atoms with Crippen molar-refractivity contribution in [2.75, 3.05) is 39.3 Å². The Morgan fingerprint density at radius 2 is 1.91 bits per heavy atom. The maximum Gasteiger partial charge on any atom is 0.222 e. The number of piperazine rings is 1. The van der Waals surface area contributed by atoms with E-state index in [0.717, 1.165) is 13.1 Å². The monoisotopic (exact) mass is 324 g/mol. The zero-order chi connectivity index (χ0) is 16.7. The number of benzene rings is 1. The number of carbonyl (C=O) groups excluding carboxylic acids is 1. The highest BCUT2D eigenvalue weighted by molar-refractivity contribution is 5.76.